The van der Waals surface area contributed by atoms with Gasteiger partial charge >= 0.3 is 0 Å². The zero-order valence-electron chi connectivity index (χ0n) is 19.5. The first-order chi connectivity index (χ1) is 17.6. The number of imide groups is 1. The highest BCUT2D eigenvalue weighted by atomic mass is 79.9. The molecule has 2 atom stereocenters. The third-order valence-corrected chi connectivity index (χ3v) is 10.3. The number of alkyl halides is 2. The number of carbonyl (C=O) groups excluding carboxylic acids is 3. The van der Waals surface area contributed by atoms with Crippen molar-refractivity contribution < 1.29 is 14.4 Å². The van der Waals surface area contributed by atoms with Gasteiger partial charge in [-0.05, 0) is 62.8 Å². The Morgan fingerprint density at radius 1 is 0.919 bits per heavy atom. The fourth-order valence-electron chi connectivity index (χ4n) is 6.15. The number of halogens is 4. The Balaban J connectivity index is 1.32. The number of hydrogen-bond donors (Lipinski definition) is 1. The average Bonchev–Trinajstić information content (AvgIpc) is 3.15. The molecule has 3 aromatic rings. The molecule has 1 heterocycles. The first-order valence-corrected chi connectivity index (χ1v) is 13.7. The molecule has 0 unspecified atom stereocenters. The molecule has 0 saturated carbocycles. The van der Waals surface area contributed by atoms with Crippen LogP contribution in [0.15, 0.2) is 65.1 Å². The Hall–Kier alpha value is -2.38. The van der Waals surface area contributed by atoms with Crippen LogP contribution in [0.3, 0.4) is 0 Å². The van der Waals surface area contributed by atoms with Crippen LogP contribution in [0.2, 0.25) is 5.02 Å². The first kappa shape index (κ1) is 24.9. The van der Waals surface area contributed by atoms with Crippen LogP contribution in [-0.2, 0) is 24.1 Å². The van der Waals surface area contributed by atoms with E-state index in [1.807, 2.05) is 55.5 Å². The zero-order chi connectivity index (χ0) is 26.3. The summed E-state index contributed by atoms with van der Waals surface area (Å²) >= 11 is 24.4. The minimum absolute atomic E-state index is 0.0749. The number of rotatable bonds is 4. The minimum atomic E-state index is -1.23. The third kappa shape index (κ3) is 3.32. The topological polar surface area (TPSA) is 66.5 Å². The Kier molecular flexibility index (Phi) is 5.77. The molecular weight excluding hydrogens is 599 g/mol. The van der Waals surface area contributed by atoms with Crippen molar-refractivity contribution in [1.82, 2.24) is 4.90 Å². The van der Waals surface area contributed by atoms with Gasteiger partial charge in [-0.2, -0.15) is 0 Å². The summed E-state index contributed by atoms with van der Waals surface area (Å²) in [6.45, 7) is 1.77. The fourth-order valence-corrected chi connectivity index (χ4v) is 7.87. The molecule has 0 radical (unpaired) electrons. The maximum atomic E-state index is 13.8. The Morgan fingerprint density at radius 2 is 1.38 bits per heavy atom. The van der Waals surface area contributed by atoms with Crippen LogP contribution in [0, 0.1) is 18.8 Å². The Labute approximate surface area is 237 Å². The van der Waals surface area contributed by atoms with Crippen LogP contribution in [-0.4, -0.2) is 29.2 Å². The summed E-state index contributed by atoms with van der Waals surface area (Å²) in [7, 11) is 0. The second-order valence-corrected chi connectivity index (χ2v) is 12.1. The van der Waals surface area contributed by atoms with Crippen LogP contribution in [0.1, 0.15) is 34.2 Å². The van der Waals surface area contributed by atoms with Crippen molar-refractivity contribution >= 4 is 74.1 Å². The van der Waals surface area contributed by atoms with Gasteiger partial charge in [0.15, 0.2) is 0 Å². The number of likely N-dealkylation sites (tertiary alicyclic amines) is 1. The van der Waals surface area contributed by atoms with Crippen molar-refractivity contribution in [3.63, 3.8) is 0 Å². The van der Waals surface area contributed by atoms with Gasteiger partial charge in [0.1, 0.15) is 9.75 Å². The van der Waals surface area contributed by atoms with Gasteiger partial charge in [0.05, 0.1) is 16.9 Å². The number of amides is 3. The molecule has 7 rings (SSSR count). The van der Waals surface area contributed by atoms with Gasteiger partial charge in [-0.3, -0.25) is 19.3 Å². The number of carbonyl (C=O) groups is 3. The summed E-state index contributed by atoms with van der Waals surface area (Å²) in [4.78, 5) is 39.1. The van der Waals surface area contributed by atoms with Gasteiger partial charge < -0.3 is 5.32 Å². The second kappa shape index (κ2) is 8.57. The van der Waals surface area contributed by atoms with E-state index in [4.69, 9.17) is 34.8 Å². The molecule has 0 aromatic heterocycles. The van der Waals surface area contributed by atoms with E-state index in [1.54, 1.807) is 12.1 Å². The lowest BCUT2D eigenvalue weighted by atomic mass is 9.54. The largest absolute Gasteiger partial charge is 0.326 e. The Morgan fingerprint density at radius 3 is 1.84 bits per heavy atom. The minimum Gasteiger partial charge on any atom is -0.326 e. The van der Waals surface area contributed by atoms with E-state index in [1.165, 1.54) is 0 Å². The molecule has 4 aliphatic rings. The van der Waals surface area contributed by atoms with Crippen LogP contribution in [0.25, 0.3) is 0 Å². The predicted molar refractivity (Wildman–Crippen MR) is 147 cm³/mol. The van der Waals surface area contributed by atoms with E-state index in [0.29, 0.717) is 10.7 Å². The third-order valence-electron chi connectivity index (χ3n) is 7.78. The molecule has 2 bridgehead atoms. The quantitative estimate of drug-likeness (QED) is 0.275. The highest BCUT2D eigenvalue weighted by Crippen LogP contribution is 2.69. The number of benzene rings is 3. The second-order valence-electron chi connectivity index (χ2n) is 9.68. The summed E-state index contributed by atoms with van der Waals surface area (Å²) in [5.74, 6) is -2.91. The molecule has 3 aliphatic carbocycles. The summed E-state index contributed by atoms with van der Waals surface area (Å²) in [6.07, 6.45) is -0.0749. The van der Waals surface area contributed by atoms with E-state index in [9.17, 15) is 14.4 Å². The number of hydrogen-bond acceptors (Lipinski definition) is 3. The highest BCUT2D eigenvalue weighted by molar-refractivity contribution is 9.10. The van der Waals surface area contributed by atoms with Crippen LogP contribution < -0.4 is 5.32 Å². The van der Waals surface area contributed by atoms with E-state index in [2.05, 4.69) is 21.2 Å². The van der Waals surface area contributed by atoms with E-state index in [0.717, 1.165) is 37.2 Å². The maximum Gasteiger partial charge on any atom is 0.235 e. The first-order valence-electron chi connectivity index (χ1n) is 11.8. The molecule has 3 aromatic carbocycles. The molecule has 188 valence electrons. The molecule has 1 aliphatic heterocycles. The number of anilines is 1. The van der Waals surface area contributed by atoms with Crippen LogP contribution >= 0.6 is 50.7 Å². The normalized spacial score (nSPS) is 27.1. The van der Waals surface area contributed by atoms with Gasteiger partial charge in [-0.1, -0.05) is 60.1 Å². The molecule has 1 fully saturated rings. The Bertz CT molecular complexity index is 1400. The highest BCUT2D eigenvalue weighted by Gasteiger charge is 2.72. The van der Waals surface area contributed by atoms with Gasteiger partial charge in [0, 0.05) is 23.1 Å². The van der Waals surface area contributed by atoms with E-state index < -0.39 is 33.4 Å². The molecule has 5 nitrogen and oxygen atoms in total. The van der Waals surface area contributed by atoms with Gasteiger partial charge in [0.2, 0.25) is 17.7 Å². The fraction of sp³-hybridized carbons (Fsp3) is 0.250. The summed E-state index contributed by atoms with van der Waals surface area (Å²) in [5, 5.41) is 3.28. The monoisotopic (exact) mass is 616 g/mol. The van der Waals surface area contributed by atoms with E-state index in [-0.39, 0.29) is 18.9 Å². The molecular formula is C28H20BrCl3N2O3. The van der Waals surface area contributed by atoms with Crippen molar-refractivity contribution in [2.75, 3.05) is 11.9 Å². The van der Waals surface area contributed by atoms with Crippen molar-refractivity contribution in [2.45, 2.75) is 23.1 Å². The molecule has 1 N–H and O–H groups in total. The summed E-state index contributed by atoms with van der Waals surface area (Å²) in [6, 6.07) is 18.4. The average molecular weight is 619 g/mol. The molecule has 0 spiro atoms. The molecule has 37 heavy (non-hydrogen) atoms. The number of nitrogens with zero attached hydrogens (tertiary/aromatic N) is 1. The lowest BCUT2D eigenvalue weighted by Gasteiger charge is -2.54. The van der Waals surface area contributed by atoms with E-state index >= 15 is 0 Å². The van der Waals surface area contributed by atoms with Gasteiger partial charge in [-0.15, -0.1) is 23.2 Å². The predicted octanol–water partition coefficient (Wildman–Crippen LogP) is 6.33. The summed E-state index contributed by atoms with van der Waals surface area (Å²) < 4.78 is 0.724. The number of aryl methyl sites for hydroxylation is 1. The maximum absolute atomic E-state index is 13.8. The van der Waals surface area contributed by atoms with Crippen LogP contribution in [0.5, 0.6) is 0 Å². The zero-order valence-corrected chi connectivity index (χ0v) is 23.4. The lowest BCUT2D eigenvalue weighted by molar-refractivity contribution is -0.140. The number of nitrogens with one attached hydrogen (secondary N) is 1. The van der Waals surface area contributed by atoms with Crippen LogP contribution in [0.4, 0.5) is 5.69 Å². The van der Waals surface area contributed by atoms with Crippen molar-refractivity contribution in [2.24, 2.45) is 11.8 Å². The van der Waals surface area contributed by atoms with Gasteiger partial charge in [0.25, 0.3) is 0 Å². The van der Waals surface area contributed by atoms with Crippen molar-refractivity contribution in [3.05, 3.63) is 98.0 Å². The lowest BCUT2D eigenvalue weighted by Crippen LogP contribution is -2.57. The SMILES string of the molecule is Cc1cc(Br)c(Cl)cc1NC(=O)CCN1C(=O)[C@@H]2[C@@H](C1=O)C1(Cl)c3ccccc3C2(Cl)c2ccccc21. The molecule has 1 saturated heterocycles. The molecule has 9 heteroatoms. The van der Waals surface area contributed by atoms with Crippen molar-refractivity contribution in [1.29, 1.82) is 0 Å². The van der Waals surface area contributed by atoms with Crippen molar-refractivity contribution in [3.8, 4) is 0 Å². The molecule has 3 amide bonds. The summed E-state index contributed by atoms with van der Waals surface area (Å²) in [5.41, 5.74) is 4.37. The smallest absolute Gasteiger partial charge is 0.235 e. The standard InChI is InChI=1S/C28H20BrCl3N2O3/c1-14-12-19(29)20(30)13-21(14)33-22(35)10-11-34-25(36)23-24(26(34)37)28(32)16-7-3-2-6-15(16)27(23,31)17-8-4-5-9-18(17)28/h2-9,12-13,23-24H,10-11H2,1H3,(H,33,35)/t23-,24-,27?,28?/m0/s1. The van der Waals surface area contributed by atoms with Gasteiger partial charge in [-0.25, -0.2) is 0 Å².